The number of carbonyl (C=O) groups excluding carboxylic acids is 2. The zero-order chi connectivity index (χ0) is 9.84. The summed E-state index contributed by atoms with van der Waals surface area (Å²) in [6.45, 7) is -0.492. The third-order valence-corrected chi connectivity index (χ3v) is 1.37. The third-order valence-electron chi connectivity index (χ3n) is 1.37. The van der Waals surface area contributed by atoms with E-state index in [1.165, 1.54) is 11.9 Å². The minimum absolute atomic E-state index is 0.0635. The highest BCUT2D eigenvalue weighted by Crippen LogP contribution is 1.94. The molecule has 0 aromatic rings. The minimum Gasteiger partial charge on any atom is -0.426 e. The minimum atomic E-state index is -0.876. The molecule has 7 nitrogen and oxygen atoms in total. The number of hydrogen-bond acceptors (Lipinski definition) is 6. The van der Waals surface area contributed by atoms with Crippen LogP contribution in [-0.2, 0) is 14.3 Å². The van der Waals surface area contributed by atoms with E-state index in [-0.39, 0.29) is 12.5 Å². The smallest absolute Gasteiger partial charge is 0.426 e. The van der Waals surface area contributed by atoms with Gasteiger partial charge in [0.25, 0.3) is 0 Å². The molecular formula is C6H9N3O4. The molecule has 0 aliphatic carbocycles. The molecule has 1 amide bonds. The summed E-state index contributed by atoms with van der Waals surface area (Å²) in [7, 11) is 1.51. The molecule has 1 aliphatic rings. The van der Waals surface area contributed by atoms with Gasteiger partial charge in [0.2, 0.25) is 12.8 Å². The first-order chi connectivity index (χ1) is 6.09. The van der Waals surface area contributed by atoms with E-state index in [9.17, 15) is 9.59 Å². The Morgan fingerprint density at radius 2 is 2.15 bits per heavy atom. The largest absolute Gasteiger partial charge is 0.439 e. The van der Waals surface area contributed by atoms with Crippen molar-refractivity contribution >= 4 is 18.0 Å². The van der Waals surface area contributed by atoms with E-state index in [4.69, 9.17) is 5.73 Å². The van der Waals surface area contributed by atoms with Crippen LogP contribution in [0.25, 0.3) is 0 Å². The number of amides is 1. The van der Waals surface area contributed by atoms with Gasteiger partial charge < -0.3 is 20.1 Å². The van der Waals surface area contributed by atoms with Crippen LogP contribution < -0.4 is 5.73 Å². The van der Waals surface area contributed by atoms with E-state index in [0.29, 0.717) is 0 Å². The molecule has 0 atom stereocenters. The number of hydrogen-bond donors (Lipinski definition) is 1. The van der Waals surface area contributed by atoms with Crippen molar-refractivity contribution in [2.45, 2.75) is 0 Å². The maximum Gasteiger partial charge on any atom is 0.439 e. The van der Waals surface area contributed by atoms with Gasteiger partial charge in [0, 0.05) is 7.05 Å². The number of rotatable bonds is 0. The molecule has 0 fully saturated rings. The normalized spacial score (nSPS) is 19.2. The Bertz CT molecular complexity index is 263. The maximum atomic E-state index is 10.9. The number of esters is 1. The number of nitrogens with zero attached hydrogens (tertiary/aromatic N) is 2. The Morgan fingerprint density at radius 3 is 2.85 bits per heavy atom. The summed E-state index contributed by atoms with van der Waals surface area (Å²) in [5, 5.41) is 0. The third kappa shape index (κ3) is 2.62. The van der Waals surface area contributed by atoms with Crippen LogP contribution >= 0.6 is 0 Å². The zero-order valence-electron chi connectivity index (χ0n) is 7.02. The predicted octanol–water partition coefficient (Wildman–Crippen LogP) is -1.12. The molecule has 1 rings (SSSR count). The number of aliphatic imine (C=N–C) groups is 1. The summed E-state index contributed by atoms with van der Waals surface area (Å²) in [5.74, 6) is -0.612. The summed E-state index contributed by atoms with van der Waals surface area (Å²) >= 11 is 0. The number of guanidine groups is 1. The Balaban J connectivity index is 2.76. The summed E-state index contributed by atoms with van der Waals surface area (Å²) in [4.78, 5) is 26.3. The van der Waals surface area contributed by atoms with Gasteiger partial charge in [0.1, 0.15) is 6.54 Å². The van der Waals surface area contributed by atoms with Crippen LogP contribution in [0, 0.1) is 0 Å². The van der Waals surface area contributed by atoms with Crippen molar-refractivity contribution in [1.29, 1.82) is 0 Å². The van der Waals surface area contributed by atoms with Crippen LogP contribution in [0.4, 0.5) is 4.79 Å². The molecule has 0 radical (unpaired) electrons. The highest BCUT2D eigenvalue weighted by Gasteiger charge is 2.14. The Hall–Kier alpha value is -1.79. The second-order valence-corrected chi connectivity index (χ2v) is 2.37. The summed E-state index contributed by atoms with van der Waals surface area (Å²) in [6.07, 6.45) is -0.876. The van der Waals surface area contributed by atoms with E-state index in [1.807, 2.05) is 0 Å². The lowest BCUT2D eigenvalue weighted by Crippen LogP contribution is -2.38. The van der Waals surface area contributed by atoms with Crippen molar-refractivity contribution in [3.8, 4) is 0 Å². The van der Waals surface area contributed by atoms with E-state index in [0.717, 1.165) is 0 Å². The second-order valence-electron chi connectivity index (χ2n) is 2.37. The fourth-order valence-electron chi connectivity index (χ4n) is 0.677. The quantitative estimate of drug-likeness (QED) is 0.483. The lowest BCUT2D eigenvalue weighted by molar-refractivity contribution is -0.151. The molecule has 0 aromatic heterocycles. The van der Waals surface area contributed by atoms with Gasteiger partial charge in [-0.15, -0.1) is 4.99 Å². The predicted molar refractivity (Wildman–Crippen MR) is 41.7 cm³/mol. The number of nitrogens with two attached hydrogens (primary N) is 1. The summed E-state index contributed by atoms with van der Waals surface area (Å²) in [6, 6.07) is 0. The molecule has 7 heteroatoms. The van der Waals surface area contributed by atoms with Crippen molar-refractivity contribution < 1.29 is 19.1 Å². The van der Waals surface area contributed by atoms with Gasteiger partial charge in [-0.25, -0.2) is 4.79 Å². The Labute approximate surface area is 74.1 Å². The van der Waals surface area contributed by atoms with Crippen LogP contribution in [0.2, 0.25) is 0 Å². The van der Waals surface area contributed by atoms with Crippen molar-refractivity contribution in [3.05, 3.63) is 0 Å². The standard InChI is InChI=1S/C6H9N3O4/c1-9-2-4(10)12-3-13-6(11)8-5(9)7/h2-3H2,1H3,(H2,7,8,11). The lowest BCUT2D eigenvalue weighted by atomic mass is 10.6. The second kappa shape index (κ2) is 3.74. The molecule has 2 N–H and O–H groups in total. The van der Waals surface area contributed by atoms with Gasteiger partial charge in [-0.1, -0.05) is 0 Å². The van der Waals surface area contributed by atoms with Gasteiger partial charge in [-0.2, -0.15) is 0 Å². The molecule has 0 aromatic carbocycles. The average molecular weight is 187 g/mol. The molecule has 72 valence electrons. The molecule has 13 heavy (non-hydrogen) atoms. The lowest BCUT2D eigenvalue weighted by Gasteiger charge is -2.13. The molecule has 0 unspecified atom stereocenters. The van der Waals surface area contributed by atoms with Crippen LogP contribution in [0.1, 0.15) is 0 Å². The van der Waals surface area contributed by atoms with Crippen LogP contribution in [0.3, 0.4) is 0 Å². The monoisotopic (exact) mass is 187 g/mol. The molecule has 1 heterocycles. The number of likely N-dealkylation sites (N-methyl/N-ethyl adjacent to an activating group) is 1. The first-order valence-corrected chi connectivity index (χ1v) is 3.47. The molecule has 0 spiro atoms. The van der Waals surface area contributed by atoms with Crippen molar-refractivity contribution in [3.63, 3.8) is 0 Å². The first-order valence-electron chi connectivity index (χ1n) is 3.47. The van der Waals surface area contributed by atoms with Gasteiger partial charge in [-0.05, 0) is 0 Å². The maximum absolute atomic E-state index is 10.9. The summed E-state index contributed by atoms with van der Waals surface area (Å²) < 4.78 is 8.88. The van der Waals surface area contributed by atoms with Gasteiger partial charge in [0.05, 0.1) is 0 Å². The molecular weight excluding hydrogens is 178 g/mol. The molecule has 0 saturated carbocycles. The fraction of sp³-hybridized carbons (Fsp3) is 0.500. The van der Waals surface area contributed by atoms with Gasteiger partial charge >= 0.3 is 12.1 Å². The Kier molecular flexibility index (Phi) is 2.68. The van der Waals surface area contributed by atoms with E-state index in [1.54, 1.807) is 0 Å². The average Bonchev–Trinajstić information content (AvgIpc) is 2.06. The van der Waals surface area contributed by atoms with Crippen LogP contribution in [0.15, 0.2) is 4.99 Å². The number of ether oxygens (including phenoxy) is 2. The van der Waals surface area contributed by atoms with Gasteiger partial charge in [-0.3, -0.25) is 4.79 Å². The number of carbonyl (C=O) groups is 2. The highest BCUT2D eigenvalue weighted by molar-refractivity contribution is 5.91. The van der Waals surface area contributed by atoms with Crippen molar-refractivity contribution in [2.75, 3.05) is 20.4 Å². The molecule has 0 saturated heterocycles. The topological polar surface area (TPSA) is 94.2 Å². The van der Waals surface area contributed by atoms with Crippen LogP contribution in [-0.4, -0.2) is 43.3 Å². The zero-order valence-corrected chi connectivity index (χ0v) is 7.02. The van der Waals surface area contributed by atoms with Crippen molar-refractivity contribution in [2.24, 2.45) is 10.7 Å². The number of cyclic esters (lactones) is 2. The van der Waals surface area contributed by atoms with Crippen molar-refractivity contribution in [1.82, 2.24) is 4.90 Å². The highest BCUT2D eigenvalue weighted by atomic mass is 16.7. The summed E-state index contributed by atoms with van der Waals surface area (Å²) in [5.41, 5.74) is 5.34. The fourth-order valence-corrected chi connectivity index (χ4v) is 0.677. The van der Waals surface area contributed by atoms with Crippen LogP contribution in [0.5, 0.6) is 0 Å². The molecule has 0 bridgehead atoms. The van der Waals surface area contributed by atoms with E-state index < -0.39 is 18.9 Å². The van der Waals surface area contributed by atoms with Gasteiger partial charge in [0.15, 0.2) is 0 Å². The van der Waals surface area contributed by atoms with E-state index in [2.05, 4.69) is 14.5 Å². The first kappa shape index (κ1) is 9.30. The SMILES string of the molecule is CN1CC(=O)OCOC(=O)N=C1N. The van der Waals surface area contributed by atoms with E-state index >= 15 is 0 Å². The molecule has 1 aliphatic heterocycles. The Morgan fingerprint density at radius 1 is 1.46 bits per heavy atom.